The highest BCUT2D eigenvalue weighted by molar-refractivity contribution is 6.23. The molecule has 0 fully saturated rings. The first-order valence-corrected chi connectivity index (χ1v) is 3.96. The average molecular weight is 176 g/mol. The lowest BCUT2D eigenvalue weighted by Gasteiger charge is -2.06. The number of aryl methyl sites for hydroxylation is 1. The van der Waals surface area contributed by atoms with Crippen molar-refractivity contribution in [1.29, 1.82) is 0 Å². The fraction of sp³-hybridized carbons (Fsp3) is 0.200. The van der Waals surface area contributed by atoms with E-state index in [1.807, 2.05) is 0 Å². The van der Waals surface area contributed by atoms with E-state index >= 15 is 0 Å². The topological polar surface area (TPSA) is 47.3 Å². The van der Waals surface area contributed by atoms with Crippen molar-refractivity contribution in [3.8, 4) is 0 Å². The zero-order valence-corrected chi connectivity index (χ0v) is 7.38. The fourth-order valence-electron chi connectivity index (χ4n) is 1.43. The van der Waals surface area contributed by atoms with Gasteiger partial charge in [-0.1, -0.05) is 0 Å². The molecule has 3 heteroatoms. The van der Waals surface area contributed by atoms with Gasteiger partial charge in [-0.3, -0.25) is 9.59 Å². The maximum absolute atomic E-state index is 11.6. The van der Waals surface area contributed by atoms with E-state index in [2.05, 4.69) is 0 Å². The van der Waals surface area contributed by atoms with Gasteiger partial charge >= 0.3 is 0 Å². The van der Waals surface area contributed by atoms with Crippen molar-refractivity contribution in [2.45, 2.75) is 13.8 Å². The predicted molar refractivity (Wildman–Crippen MR) is 45.9 cm³/mol. The van der Waals surface area contributed by atoms with Gasteiger partial charge in [-0.15, -0.1) is 0 Å². The molecule has 1 aromatic rings. The number of fused-ring (bicyclic) bond motifs is 1. The van der Waals surface area contributed by atoms with Gasteiger partial charge in [-0.05, 0) is 25.5 Å². The molecule has 2 rings (SSSR count). The molecule has 1 aliphatic rings. The van der Waals surface area contributed by atoms with Crippen molar-refractivity contribution in [3.05, 3.63) is 34.8 Å². The quantitative estimate of drug-likeness (QED) is 0.606. The molecular weight excluding hydrogens is 168 g/mol. The Morgan fingerprint density at radius 3 is 2.62 bits per heavy atom. The Balaban J connectivity index is 2.72. The van der Waals surface area contributed by atoms with E-state index in [9.17, 15) is 9.59 Å². The Morgan fingerprint density at radius 1 is 1.23 bits per heavy atom. The summed E-state index contributed by atoms with van der Waals surface area (Å²) in [5.41, 5.74) is 1.62. The summed E-state index contributed by atoms with van der Waals surface area (Å²) in [5.74, 6) is -0.158. The molecule has 0 bridgehead atoms. The standard InChI is InChI=1S/C10H8O3/c1-5-3-7(11)10-8(9(5)12)6(2)4-13-10/h3-4H,1-2H3. The second kappa shape index (κ2) is 2.42. The van der Waals surface area contributed by atoms with Gasteiger partial charge in [0, 0.05) is 5.57 Å². The highest BCUT2D eigenvalue weighted by atomic mass is 16.3. The van der Waals surface area contributed by atoms with Crippen LogP contribution in [0.4, 0.5) is 0 Å². The summed E-state index contributed by atoms with van der Waals surface area (Å²) in [6.45, 7) is 3.39. The van der Waals surface area contributed by atoms with Gasteiger partial charge in [0.2, 0.25) is 5.78 Å². The Bertz CT molecular complexity index is 435. The van der Waals surface area contributed by atoms with Gasteiger partial charge in [-0.2, -0.15) is 0 Å². The zero-order valence-electron chi connectivity index (χ0n) is 7.38. The summed E-state index contributed by atoms with van der Waals surface area (Å²) in [7, 11) is 0. The van der Waals surface area contributed by atoms with E-state index in [1.165, 1.54) is 12.3 Å². The molecule has 1 heterocycles. The minimum atomic E-state index is -0.222. The molecule has 66 valence electrons. The van der Waals surface area contributed by atoms with Crippen molar-refractivity contribution in [3.63, 3.8) is 0 Å². The number of allylic oxidation sites excluding steroid dienone is 2. The molecule has 0 atom stereocenters. The summed E-state index contributed by atoms with van der Waals surface area (Å²) in [5, 5.41) is 0. The Morgan fingerprint density at radius 2 is 1.92 bits per heavy atom. The molecule has 0 unspecified atom stereocenters. The van der Waals surface area contributed by atoms with Crippen LogP contribution in [0.1, 0.15) is 33.4 Å². The van der Waals surface area contributed by atoms with Crippen molar-refractivity contribution in [2.75, 3.05) is 0 Å². The second-order valence-electron chi connectivity index (χ2n) is 3.14. The molecule has 0 radical (unpaired) electrons. The molecule has 0 aliphatic heterocycles. The molecule has 1 aliphatic carbocycles. The largest absolute Gasteiger partial charge is 0.460 e. The van der Waals surface area contributed by atoms with Crippen LogP contribution in [0.15, 0.2) is 22.3 Å². The summed E-state index contributed by atoms with van der Waals surface area (Å²) >= 11 is 0. The fourth-order valence-corrected chi connectivity index (χ4v) is 1.43. The number of carbonyl (C=O) groups is 2. The molecule has 13 heavy (non-hydrogen) atoms. The van der Waals surface area contributed by atoms with Crippen molar-refractivity contribution < 1.29 is 14.0 Å². The third-order valence-corrected chi connectivity index (χ3v) is 2.13. The number of carbonyl (C=O) groups excluding carboxylic acids is 2. The van der Waals surface area contributed by atoms with Crippen molar-refractivity contribution in [2.24, 2.45) is 0 Å². The molecular formula is C10H8O3. The van der Waals surface area contributed by atoms with Gasteiger partial charge < -0.3 is 4.42 Å². The zero-order chi connectivity index (χ0) is 9.59. The molecule has 0 saturated carbocycles. The number of rotatable bonds is 0. The van der Waals surface area contributed by atoms with Crippen LogP contribution in [0.5, 0.6) is 0 Å². The van der Waals surface area contributed by atoms with Gasteiger partial charge in [0.05, 0.1) is 11.8 Å². The lowest BCUT2D eigenvalue weighted by Crippen LogP contribution is -2.14. The summed E-state index contributed by atoms with van der Waals surface area (Å²) < 4.78 is 5.00. The Kier molecular flexibility index (Phi) is 1.49. The van der Waals surface area contributed by atoms with E-state index in [-0.39, 0.29) is 17.3 Å². The SMILES string of the molecule is CC1=CC(=O)c2occ(C)c2C1=O. The highest BCUT2D eigenvalue weighted by Gasteiger charge is 2.28. The lowest BCUT2D eigenvalue weighted by molar-refractivity contribution is 0.0967. The minimum absolute atomic E-state index is 0.110. The molecule has 0 N–H and O–H groups in total. The van der Waals surface area contributed by atoms with E-state index in [1.54, 1.807) is 13.8 Å². The van der Waals surface area contributed by atoms with E-state index in [4.69, 9.17) is 4.42 Å². The number of furan rings is 1. The number of Topliss-reactive ketones (excluding diaryl/α,β-unsaturated/α-hetero) is 1. The predicted octanol–water partition coefficient (Wildman–Crippen LogP) is 1.91. The molecule has 0 amide bonds. The maximum Gasteiger partial charge on any atom is 0.222 e. The van der Waals surface area contributed by atoms with Crippen LogP contribution in [0, 0.1) is 6.92 Å². The van der Waals surface area contributed by atoms with Gasteiger partial charge in [0.1, 0.15) is 0 Å². The lowest BCUT2D eigenvalue weighted by atomic mass is 9.94. The van der Waals surface area contributed by atoms with Gasteiger partial charge in [0.15, 0.2) is 11.5 Å². The van der Waals surface area contributed by atoms with Crippen LogP contribution in [0.25, 0.3) is 0 Å². The van der Waals surface area contributed by atoms with Gasteiger partial charge in [-0.25, -0.2) is 0 Å². The summed E-state index contributed by atoms with van der Waals surface area (Å²) in [4.78, 5) is 22.9. The molecule has 0 aromatic carbocycles. The van der Waals surface area contributed by atoms with Gasteiger partial charge in [0.25, 0.3) is 0 Å². The van der Waals surface area contributed by atoms with Crippen LogP contribution in [0.2, 0.25) is 0 Å². The molecule has 0 spiro atoms. The van der Waals surface area contributed by atoms with Crippen LogP contribution in [-0.4, -0.2) is 11.6 Å². The minimum Gasteiger partial charge on any atom is -0.460 e. The van der Waals surface area contributed by atoms with Crippen LogP contribution in [-0.2, 0) is 0 Å². The van der Waals surface area contributed by atoms with Crippen LogP contribution < -0.4 is 0 Å². The second-order valence-corrected chi connectivity index (χ2v) is 3.14. The third-order valence-electron chi connectivity index (χ3n) is 2.13. The number of hydrogen-bond donors (Lipinski definition) is 0. The molecule has 3 nitrogen and oxygen atoms in total. The first kappa shape index (κ1) is 7.98. The van der Waals surface area contributed by atoms with E-state index in [0.29, 0.717) is 11.1 Å². The maximum atomic E-state index is 11.6. The van der Waals surface area contributed by atoms with Crippen LogP contribution in [0.3, 0.4) is 0 Å². The van der Waals surface area contributed by atoms with Crippen molar-refractivity contribution in [1.82, 2.24) is 0 Å². The Hall–Kier alpha value is -1.64. The molecule has 0 saturated heterocycles. The average Bonchev–Trinajstić information content (AvgIpc) is 2.44. The monoisotopic (exact) mass is 176 g/mol. The smallest absolute Gasteiger partial charge is 0.222 e. The first-order chi connectivity index (χ1) is 6.11. The third kappa shape index (κ3) is 0.967. The summed E-state index contributed by atoms with van der Waals surface area (Å²) in [6.07, 6.45) is 2.75. The van der Waals surface area contributed by atoms with Crippen molar-refractivity contribution >= 4 is 11.6 Å². The van der Waals surface area contributed by atoms with E-state index in [0.717, 1.165) is 5.56 Å². The van der Waals surface area contributed by atoms with Crippen LogP contribution >= 0.6 is 0 Å². The normalized spacial score (nSPS) is 15.7. The highest BCUT2D eigenvalue weighted by Crippen LogP contribution is 2.25. The number of ketones is 2. The number of hydrogen-bond acceptors (Lipinski definition) is 3. The van der Waals surface area contributed by atoms with E-state index < -0.39 is 0 Å². The summed E-state index contributed by atoms with van der Waals surface area (Å²) in [6, 6.07) is 0. The Labute approximate surface area is 75.0 Å². The molecule has 1 aromatic heterocycles. The first-order valence-electron chi connectivity index (χ1n) is 3.96.